The summed E-state index contributed by atoms with van der Waals surface area (Å²) in [5.41, 5.74) is 8.42. The highest BCUT2D eigenvalue weighted by atomic mass is 16.5. The smallest absolute Gasteiger partial charge is 0.269 e. The molecular weight excluding hydrogens is 366 g/mol. The topological polar surface area (TPSA) is 90.4 Å². The van der Waals surface area contributed by atoms with Gasteiger partial charge >= 0.3 is 0 Å². The number of hydrogen-bond donors (Lipinski definition) is 2. The molecule has 4 rings (SSSR count). The first-order chi connectivity index (χ1) is 14.0. The normalized spacial score (nSPS) is 14.6. The van der Waals surface area contributed by atoms with E-state index in [2.05, 4.69) is 34.2 Å². The van der Waals surface area contributed by atoms with Crippen molar-refractivity contribution in [3.8, 4) is 41.8 Å². The first kappa shape index (κ1) is 22.1. The predicted molar refractivity (Wildman–Crippen MR) is 113 cm³/mol. The van der Waals surface area contributed by atoms with Gasteiger partial charge in [0.15, 0.2) is 0 Å². The molecule has 152 valence electrons. The van der Waals surface area contributed by atoms with Crippen molar-refractivity contribution in [1.82, 2.24) is 9.55 Å². The van der Waals surface area contributed by atoms with E-state index in [9.17, 15) is 9.90 Å². The molecule has 1 aliphatic carbocycles. The van der Waals surface area contributed by atoms with Gasteiger partial charge in [-0.3, -0.25) is 4.79 Å². The van der Waals surface area contributed by atoms with Crippen molar-refractivity contribution in [2.45, 2.75) is 52.2 Å². The second-order valence-corrected chi connectivity index (χ2v) is 6.46. The average Bonchev–Trinajstić information content (AvgIpc) is 3.53. The van der Waals surface area contributed by atoms with Gasteiger partial charge in [0, 0.05) is 11.5 Å². The molecule has 6 heteroatoms. The molecule has 3 N–H and O–H groups in total. The molecule has 2 aromatic rings. The zero-order valence-corrected chi connectivity index (χ0v) is 17.1. The van der Waals surface area contributed by atoms with E-state index >= 15 is 0 Å². The number of nitrogens with zero attached hydrogens (tertiary/aromatic N) is 2. The number of nitrogens with two attached hydrogens (primary N) is 1. The molecule has 1 atom stereocenters. The lowest BCUT2D eigenvalue weighted by atomic mass is 10.1. The molecule has 0 spiro atoms. The van der Waals surface area contributed by atoms with Crippen LogP contribution < -0.4 is 10.5 Å². The SMILES string of the molecule is C#C.CC.C[C@@H](O)C#Cc1ccc2c(c1)-c1nc(C(N)=O)c(C3CC3)n1CCO2. The summed E-state index contributed by atoms with van der Waals surface area (Å²) in [6.07, 6.45) is 9.41. The van der Waals surface area contributed by atoms with Gasteiger partial charge in [0.25, 0.3) is 5.91 Å². The maximum Gasteiger partial charge on any atom is 0.269 e. The number of fused-ring (bicyclic) bond motifs is 3. The molecule has 0 saturated heterocycles. The Kier molecular flexibility index (Phi) is 7.47. The van der Waals surface area contributed by atoms with Gasteiger partial charge in [0.2, 0.25) is 0 Å². The lowest BCUT2D eigenvalue weighted by Crippen LogP contribution is -2.16. The monoisotopic (exact) mass is 393 g/mol. The van der Waals surface area contributed by atoms with Crippen molar-refractivity contribution in [3.63, 3.8) is 0 Å². The Balaban J connectivity index is 0.000000707. The molecule has 0 radical (unpaired) electrons. The Morgan fingerprint density at radius 1 is 1.38 bits per heavy atom. The first-order valence-electron chi connectivity index (χ1n) is 9.75. The van der Waals surface area contributed by atoms with Crippen LogP contribution in [0.1, 0.15) is 61.3 Å². The second-order valence-electron chi connectivity index (χ2n) is 6.46. The van der Waals surface area contributed by atoms with Crippen LogP contribution in [0, 0.1) is 24.7 Å². The summed E-state index contributed by atoms with van der Waals surface area (Å²) in [6, 6.07) is 5.59. The lowest BCUT2D eigenvalue weighted by molar-refractivity contribution is 0.0994. The molecule has 1 fully saturated rings. The predicted octanol–water partition coefficient (Wildman–Crippen LogP) is 2.93. The standard InChI is InChI=1S/C19H19N3O3.C2H6.C2H2/c1-11(23)2-3-12-4-7-15-14(10-12)19-21-16(18(20)24)17(13-5-6-13)22(19)8-9-25-15;2*1-2/h4,7,10-11,13,23H,5-6,8-9H2,1H3,(H2,20,24);1-2H3;1-2H/t11-;;/m1../s1. The van der Waals surface area contributed by atoms with Crippen LogP contribution in [0.15, 0.2) is 18.2 Å². The molecule has 2 aliphatic rings. The average molecular weight is 393 g/mol. The molecule has 6 nitrogen and oxygen atoms in total. The number of benzene rings is 1. The van der Waals surface area contributed by atoms with Crippen molar-refractivity contribution in [3.05, 3.63) is 35.2 Å². The Hall–Kier alpha value is -3.22. The van der Waals surface area contributed by atoms with Crippen molar-refractivity contribution in [2.24, 2.45) is 5.73 Å². The van der Waals surface area contributed by atoms with E-state index < -0.39 is 12.0 Å². The first-order valence-corrected chi connectivity index (χ1v) is 9.75. The maximum absolute atomic E-state index is 11.9. The summed E-state index contributed by atoms with van der Waals surface area (Å²) in [5.74, 6) is 6.95. The van der Waals surface area contributed by atoms with Gasteiger partial charge < -0.3 is 20.1 Å². The molecule has 29 heavy (non-hydrogen) atoms. The molecular formula is C23H27N3O3. The van der Waals surface area contributed by atoms with E-state index in [1.165, 1.54) is 0 Å². The van der Waals surface area contributed by atoms with Crippen LogP contribution in [0.2, 0.25) is 0 Å². The van der Waals surface area contributed by atoms with Gasteiger partial charge in [0.05, 0.1) is 17.8 Å². The van der Waals surface area contributed by atoms with E-state index in [1.807, 2.05) is 32.0 Å². The number of carbonyl (C=O) groups excluding carboxylic acids is 1. The molecule has 1 saturated carbocycles. The number of aliphatic hydroxyl groups excluding tert-OH is 1. The van der Waals surface area contributed by atoms with E-state index in [-0.39, 0.29) is 0 Å². The number of carbonyl (C=O) groups is 1. The fraction of sp³-hybridized carbons (Fsp3) is 0.391. The number of rotatable bonds is 2. The van der Waals surface area contributed by atoms with Gasteiger partial charge in [-0.15, -0.1) is 12.8 Å². The van der Waals surface area contributed by atoms with Gasteiger partial charge in [-0.05, 0) is 38.0 Å². The van der Waals surface area contributed by atoms with Gasteiger partial charge in [0.1, 0.15) is 30.0 Å². The Morgan fingerprint density at radius 2 is 2.07 bits per heavy atom. The number of aromatic nitrogens is 2. The highest BCUT2D eigenvalue weighted by molar-refractivity contribution is 5.93. The number of terminal acetylenes is 1. The largest absolute Gasteiger partial charge is 0.491 e. The summed E-state index contributed by atoms with van der Waals surface area (Å²) in [5, 5.41) is 9.36. The lowest BCUT2D eigenvalue weighted by Gasteiger charge is -2.08. The van der Waals surface area contributed by atoms with Gasteiger partial charge in [-0.1, -0.05) is 25.7 Å². The van der Waals surface area contributed by atoms with Crippen molar-refractivity contribution in [2.75, 3.05) is 6.61 Å². The van der Waals surface area contributed by atoms with E-state index in [4.69, 9.17) is 10.5 Å². The summed E-state index contributed by atoms with van der Waals surface area (Å²) in [6.45, 7) is 6.76. The third-order valence-corrected chi connectivity index (χ3v) is 4.42. The minimum Gasteiger partial charge on any atom is -0.491 e. The van der Waals surface area contributed by atoms with Gasteiger partial charge in [-0.25, -0.2) is 4.98 Å². The number of ether oxygens (including phenoxy) is 1. The zero-order valence-electron chi connectivity index (χ0n) is 17.1. The zero-order chi connectivity index (χ0) is 21.6. The highest BCUT2D eigenvalue weighted by Crippen LogP contribution is 2.44. The quantitative estimate of drug-likeness (QED) is 0.768. The third-order valence-electron chi connectivity index (χ3n) is 4.42. The molecule has 1 aromatic heterocycles. The summed E-state index contributed by atoms with van der Waals surface area (Å²) in [4.78, 5) is 16.4. The summed E-state index contributed by atoms with van der Waals surface area (Å²) < 4.78 is 7.92. The van der Waals surface area contributed by atoms with E-state index in [0.717, 1.165) is 29.7 Å². The summed E-state index contributed by atoms with van der Waals surface area (Å²) >= 11 is 0. The Morgan fingerprint density at radius 3 is 2.66 bits per heavy atom. The molecule has 0 unspecified atom stereocenters. The second kappa shape index (κ2) is 9.82. The van der Waals surface area contributed by atoms with Crippen LogP contribution >= 0.6 is 0 Å². The maximum atomic E-state index is 11.9. The van der Waals surface area contributed by atoms with E-state index in [1.54, 1.807) is 6.92 Å². The van der Waals surface area contributed by atoms with Crippen molar-refractivity contribution >= 4 is 5.91 Å². The third kappa shape index (κ3) is 4.80. The fourth-order valence-electron chi connectivity index (χ4n) is 3.19. The Bertz CT molecular complexity index is 957. The minimum atomic E-state index is -0.694. The number of amides is 1. The fourth-order valence-corrected chi connectivity index (χ4v) is 3.19. The number of hydrogen-bond acceptors (Lipinski definition) is 4. The van der Waals surface area contributed by atoms with Crippen LogP contribution in [0.5, 0.6) is 5.75 Å². The molecule has 1 amide bonds. The van der Waals surface area contributed by atoms with Crippen LogP contribution in [0.25, 0.3) is 11.4 Å². The summed E-state index contributed by atoms with van der Waals surface area (Å²) in [7, 11) is 0. The molecule has 2 heterocycles. The molecule has 0 bridgehead atoms. The van der Waals surface area contributed by atoms with Crippen LogP contribution in [-0.4, -0.2) is 33.3 Å². The molecule has 1 aromatic carbocycles. The van der Waals surface area contributed by atoms with Crippen LogP contribution in [0.4, 0.5) is 0 Å². The minimum absolute atomic E-state index is 0.350. The van der Waals surface area contributed by atoms with Crippen molar-refractivity contribution in [1.29, 1.82) is 0 Å². The molecule has 1 aliphatic heterocycles. The van der Waals surface area contributed by atoms with Crippen molar-refractivity contribution < 1.29 is 14.6 Å². The highest BCUT2D eigenvalue weighted by Gasteiger charge is 2.35. The number of primary amides is 1. The van der Waals surface area contributed by atoms with Crippen LogP contribution in [-0.2, 0) is 6.54 Å². The van der Waals surface area contributed by atoms with Crippen LogP contribution in [0.3, 0.4) is 0 Å². The van der Waals surface area contributed by atoms with Gasteiger partial charge in [-0.2, -0.15) is 0 Å². The number of imidazole rings is 1. The van der Waals surface area contributed by atoms with E-state index in [0.29, 0.717) is 36.3 Å². The Labute approximate surface area is 172 Å². The number of aliphatic hydroxyl groups is 1.